The second-order valence-electron chi connectivity index (χ2n) is 9.30. The van der Waals surface area contributed by atoms with Crippen LogP contribution < -0.4 is 5.32 Å². The maximum absolute atomic E-state index is 12.9. The van der Waals surface area contributed by atoms with Crippen LogP contribution in [0.1, 0.15) is 55.8 Å². The summed E-state index contributed by atoms with van der Waals surface area (Å²) in [5.41, 5.74) is 1.06. The molecule has 1 aliphatic heterocycles. The van der Waals surface area contributed by atoms with Crippen molar-refractivity contribution in [2.24, 2.45) is 11.8 Å². The van der Waals surface area contributed by atoms with Gasteiger partial charge in [-0.15, -0.1) is 0 Å². The molecule has 7 heteroatoms. The molecule has 7 nitrogen and oxygen atoms in total. The van der Waals surface area contributed by atoms with Gasteiger partial charge < -0.3 is 14.2 Å². The molecule has 0 aromatic heterocycles. The number of carbonyl (C=O) groups excluding carboxylic acids is 3. The first-order valence-corrected chi connectivity index (χ1v) is 12.7. The number of carbonyl (C=O) groups is 3. The van der Waals surface area contributed by atoms with Crippen molar-refractivity contribution in [1.82, 2.24) is 0 Å². The molecule has 2 aliphatic rings. The third kappa shape index (κ3) is 6.53. The van der Waals surface area contributed by atoms with Crippen LogP contribution >= 0.6 is 0 Å². The lowest BCUT2D eigenvalue weighted by molar-refractivity contribution is -0.141. The molecule has 1 saturated carbocycles. The molecule has 36 heavy (non-hydrogen) atoms. The summed E-state index contributed by atoms with van der Waals surface area (Å²) in [5.74, 6) is -1.34. The molecule has 2 aromatic carbocycles. The largest absolute Gasteiger partial charge is 0.462 e. The third-order valence-electron chi connectivity index (χ3n) is 6.76. The second-order valence-corrected chi connectivity index (χ2v) is 9.30. The highest BCUT2D eigenvalue weighted by atomic mass is 16.6. The van der Waals surface area contributed by atoms with Crippen LogP contribution in [0.3, 0.4) is 0 Å². The summed E-state index contributed by atoms with van der Waals surface area (Å²) in [5, 5.41) is 2.76. The van der Waals surface area contributed by atoms with Gasteiger partial charge in [0.05, 0.1) is 12.0 Å². The molecule has 1 heterocycles. The van der Waals surface area contributed by atoms with Crippen molar-refractivity contribution >= 4 is 23.7 Å². The van der Waals surface area contributed by atoms with Crippen molar-refractivity contribution in [2.45, 2.75) is 63.8 Å². The zero-order valence-corrected chi connectivity index (χ0v) is 20.5. The highest BCUT2D eigenvalue weighted by molar-refractivity contribution is 5.89. The fourth-order valence-electron chi connectivity index (χ4n) is 5.04. The van der Waals surface area contributed by atoms with Gasteiger partial charge >= 0.3 is 18.0 Å². The Morgan fingerprint density at radius 1 is 1.08 bits per heavy atom. The van der Waals surface area contributed by atoms with Crippen LogP contribution in [0.4, 0.5) is 10.5 Å². The van der Waals surface area contributed by atoms with Crippen molar-refractivity contribution < 1.29 is 28.6 Å². The number of rotatable bonds is 10. The predicted molar refractivity (Wildman–Crippen MR) is 135 cm³/mol. The van der Waals surface area contributed by atoms with Crippen LogP contribution in [-0.4, -0.2) is 36.3 Å². The van der Waals surface area contributed by atoms with Crippen LogP contribution in [0.5, 0.6) is 0 Å². The van der Waals surface area contributed by atoms with E-state index < -0.39 is 30.2 Å². The SMILES string of the molecule is CCCCC/C=C\[C@H](OC(=O)Nc1ccccc1)[C@@H]1[C@H]2CC(=O)O[C@H]2C[C@H]1OC(=O)c1ccccc1. The van der Waals surface area contributed by atoms with Gasteiger partial charge in [0.1, 0.15) is 18.3 Å². The van der Waals surface area contributed by atoms with E-state index >= 15 is 0 Å². The summed E-state index contributed by atoms with van der Waals surface area (Å²) in [7, 11) is 0. The highest BCUT2D eigenvalue weighted by Gasteiger charge is 2.55. The molecular weight excluding hydrogens is 458 g/mol. The number of fused-ring (bicyclic) bond motifs is 1. The van der Waals surface area contributed by atoms with E-state index in [1.165, 1.54) is 0 Å². The molecule has 2 aromatic rings. The summed E-state index contributed by atoms with van der Waals surface area (Å²) < 4.78 is 17.4. The Bertz CT molecular complexity index is 1050. The van der Waals surface area contributed by atoms with Gasteiger partial charge in [-0.25, -0.2) is 9.59 Å². The maximum Gasteiger partial charge on any atom is 0.412 e. The zero-order valence-electron chi connectivity index (χ0n) is 20.5. The minimum absolute atomic E-state index is 0.207. The smallest absolute Gasteiger partial charge is 0.412 e. The Hall–Kier alpha value is -3.61. The summed E-state index contributed by atoms with van der Waals surface area (Å²) in [6.45, 7) is 2.14. The number of esters is 2. The van der Waals surface area contributed by atoms with E-state index in [1.54, 1.807) is 36.4 Å². The maximum atomic E-state index is 12.9. The minimum atomic E-state index is -0.687. The summed E-state index contributed by atoms with van der Waals surface area (Å²) in [6, 6.07) is 17.8. The number of para-hydroxylation sites is 1. The molecule has 0 bridgehead atoms. The van der Waals surface area contributed by atoms with E-state index in [2.05, 4.69) is 12.2 Å². The molecule has 0 unspecified atom stereocenters. The Kier molecular flexibility index (Phi) is 8.76. The Morgan fingerprint density at radius 2 is 1.81 bits per heavy atom. The molecule has 5 atom stereocenters. The number of hydrogen-bond donors (Lipinski definition) is 1. The van der Waals surface area contributed by atoms with Crippen LogP contribution in [0, 0.1) is 11.8 Å². The second kappa shape index (κ2) is 12.4. The molecule has 1 saturated heterocycles. The average Bonchev–Trinajstić information content (AvgIpc) is 3.39. The summed E-state index contributed by atoms with van der Waals surface area (Å²) in [4.78, 5) is 37.8. The molecule has 190 valence electrons. The van der Waals surface area contributed by atoms with E-state index in [-0.39, 0.29) is 24.4 Å². The number of allylic oxidation sites excluding steroid dienone is 1. The topological polar surface area (TPSA) is 90.9 Å². The molecule has 0 spiro atoms. The molecule has 0 radical (unpaired) electrons. The summed E-state index contributed by atoms with van der Waals surface area (Å²) in [6.07, 6.45) is 6.34. The van der Waals surface area contributed by atoms with Crippen LogP contribution in [0.2, 0.25) is 0 Å². The normalized spacial score (nSPS) is 23.6. The molecular formula is C29H33NO6. The first-order chi connectivity index (χ1) is 17.5. The van der Waals surface area contributed by atoms with Gasteiger partial charge in [-0.05, 0) is 43.2 Å². The van der Waals surface area contributed by atoms with Crippen molar-refractivity contribution in [1.29, 1.82) is 0 Å². The zero-order chi connectivity index (χ0) is 25.3. The third-order valence-corrected chi connectivity index (χ3v) is 6.76. The monoisotopic (exact) mass is 491 g/mol. The lowest BCUT2D eigenvalue weighted by atomic mass is 9.86. The number of unbranched alkanes of at least 4 members (excludes halogenated alkanes) is 3. The highest BCUT2D eigenvalue weighted by Crippen LogP contribution is 2.45. The number of amides is 1. The van der Waals surface area contributed by atoms with Gasteiger partial charge in [-0.1, -0.05) is 62.2 Å². The van der Waals surface area contributed by atoms with Gasteiger partial charge in [-0.2, -0.15) is 0 Å². The van der Waals surface area contributed by atoms with Crippen molar-refractivity contribution in [3.8, 4) is 0 Å². The van der Waals surface area contributed by atoms with E-state index in [9.17, 15) is 14.4 Å². The van der Waals surface area contributed by atoms with Gasteiger partial charge in [0.15, 0.2) is 0 Å². The Labute approximate surface area is 211 Å². The number of ether oxygens (including phenoxy) is 3. The quantitative estimate of drug-likeness (QED) is 0.192. The Morgan fingerprint density at radius 3 is 2.53 bits per heavy atom. The van der Waals surface area contributed by atoms with E-state index in [1.807, 2.05) is 36.4 Å². The molecule has 1 N–H and O–H groups in total. The molecule has 4 rings (SSSR count). The average molecular weight is 492 g/mol. The van der Waals surface area contributed by atoms with E-state index in [0.29, 0.717) is 17.7 Å². The summed E-state index contributed by atoms with van der Waals surface area (Å²) >= 11 is 0. The fourth-order valence-corrected chi connectivity index (χ4v) is 5.04. The number of nitrogens with one attached hydrogen (secondary N) is 1. The number of benzene rings is 2. The van der Waals surface area contributed by atoms with Crippen molar-refractivity contribution in [2.75, 3.05) is 5.32 Å². The van der Waals surface area contributed by atoms with Crippen molar-refractivity contribution in [3.05, 3.63) is 78.4 Å². The van der Waals surface area contributed by atoms with Gasteiger partial charge in [0.25, 0.3) is 0 Å². The standard InChI is InChI=1S/C29H33NO6/c1-2-3-4-5-12-17-23(36-29(33)30-21-15-10-7-11-16-21)27-22-18-26(31)34-24(22)19-25(27)35-28(32)20-13-8-6-9-14-20/h6-17,22-25,27H,2-5,18-19H2,1H3,(H,30,33)/b17-12-/t22-,23-,24-,25+,27-/m0/s1. The number of hydrogen-bond acceptors (Lipinski definition) is 6. The molecule has 1 aliphatic carbocycles. The molecule has 2 fully saturated rings. The van der Waals surface area contributed by atoms with Crippen LogP contribution in [-0.2, 0) is 19.0 Å². The van der Waals surface area contributed by atoms with Gasteiger partial charge in [-0.3, -0.25) is 10.1 Å². The first kappa shape index (κ1) is 25.5. The molecule has 1 amide bonds. The minimum Gasteiger partial charge on any atom is -0.462 e. The Balaban J connectivity index is 1.55. The number of anilines is 1. The van der Waals surface area contributed by atoms with Crippen LogP contribution in [0.15, 0.2) is 72.8 Å². The van der Waals surface area contributed by atoms with Gasteiger partial charge in [0, 0.05) is 23.9 Å². The fraction of sp³-hybridized carbons (Fsp3) is 0.414. The predicted octanol–water partition coefficient (Wildman–Crippen LogP) is 5.92. The van der Waals surface area contributed by atoms with E-state index in [4.69, 9.17) is 14.2 Å². The van der Waals surface area contributed by atoms with Gasteiger partial charge in [0.2, 0.25) is 0 Å². The lowest BCUT2D eigenvalue weighted by Crippen LogP contribution is -2.38. The van der Waals surface area contributed by atoms with Crippen LogP contribution in [0.25, 0.3) is 0 Å². The first-order valence-electron chi connectivity index (χ1n) is 12.7. The van der Waals surface area contributed by atoms with E-state index in [0.717, 1.165) is 25.7 Å². The van der Waals surface area contributed by atoms with Crippen molar-refractivity contribution in [3.63, 3.8) is 0 Å². The lowest BCUT2D eigenvalue weighted by Gasteiger charge is -2.29.